The lowest BCUT2D eigenvalue weighted by Gasteiger charge is -2.05. The number of carboxylic acid groups (broad SMARTS) is 1. The Bertz CT molecular complexity index is 538. The number of aromatic nitrogens is 2. The third kappa shape index (κ3) is 2.66. The van der Waals surface area contributed by atoms with Crippen LogP contribution in [-0.2, 0) is 11.2 Å². The molecule has 86 valence electrons. The molecule has 4 heteroatoms. The van der Waals surface area contributed by atoms with E-state index in [0.29, 0.717) is 5.69 Å². The molecule has 0 aliphatic heterocycles. The average molecular weight is 228 g/mol. The highest BCUT2D eigenvalue weighted by Crippen LogP contribution is 2.19. The lowest BCUT2D eigenvalue weighted by atomic mass is 10.1. The van der Waals surface area contributed by atoms with Gasteiger partial charge in [-0.25, -0.2) is 0 Å². The maximum absolute atomic E-state index is 10.6. The highest BCUT2D eigenvalue weighted by molar-refractivity contribution is 5.71. The molecule has 0 aliphatic rings. The van der Waals surface area contributed by atoms with Crippen LogP contribution in [0, 0.1) is 6.92 Å². The zero-order chi connectivity index (χ0) is 12.3. The Labute approximate surface area is 99.0 Å². The first-order valence-electron chi connectivity index (χ1n) is 5.24. The Morgan fingerprint density at radius 3 is 2.59 bits per heavy atom. The van der Waals surface area contributed by atoms with Gasteiger partial charge < -0.3 is 5.11 Å². The normalized spacial score (nSPS) is 10.2. The van der Waals surface area contributed by atoms with Crippen molar-refractivity contribution >= 4 is 5.97 Å². The number of pyridine rings is 2. The molecule has 17 heavy (non-hydrogen) atoms. The molecule has 0 saturated carbocycles. The molecule has 0 spiro atoms. The van der Waals surface area contributed by atoms with Crippen LogP contribution in [0.4, 0.5) is 0 Å². The minimum atomic E-state index is -0.864. The molecular formula is C13H12N2O2. The fourth-order valence-electron chi connectivity index (χ4n) is 1.63. The van der Waals surface area contributed by atoms with Crippen molar-refractivity contribution in [3.05, 3.63) is 48.0 Å². The van der Waals surface area contributed by atoms with Crippen molar-refractivity contribution in [2.45, 2.75) is 13.3 Å². The molecule has 0 radical (unpaired) electrons. The van der Waals surface area contributed by atoms with Crippen LogP contribution in [0.25, 0.3) is 11.1 Å². The van der Waals surface area contributed by atoms with E-state index in [4.69, 9.17) is 5.11 Å². The van der Waals surface area contributed by atoms with Gasteiger partial charge in [-0.15, -0.1) is 0 Å². The number of carbonyl (C=O) groups is 1. The van der Waals surface area contributed by atoms with Crippen LogP contribution in [0.2, 0.25) is 0 Å². The second kappa shape index (κ2) is 4.74. The van der Waals surface area contributed by atoms with Crippen LogP contribution < -0.4 is 0 Å². The standard InChI is InChI=1S/C13H12N2O2/c1-9-6-11(10-2-4-14-5-3-10)8-15-12(9)7-13(16)17/h2-6,8H,7H2,1H3,(H,16,17). The van der Waals surface area contributed by atoms with Crippen LogP contribution in [0.15, 0.2) is 36.8 Å². The third-order valence-electron chi connectivity index (χ3n) is 2.52. The van der Waals surface area contributed by atoms with Crippen molar-refractivity contribution in [2.75, 3.05) is 0 Å². The topological polar surface area (TPSA) is 63.1 Å². The summed E-state index contributed by atoms with van der Waals surface area (Å²) in [7, 11) is 0. The molecule has 0 fully saturated rings. The fourth-order valence-corrected chi connectivity index (χ4v) is 1.63. The monoisotopic (exact) mass is 228 g/mol. The largest absolute Gasteiger partial charge is 0.481 e. The second-order valence-corrected chi connectivity index (χ2v) is 3.79. The van der Waals surface area contributed by atoms with Gasteiger partial charge in [-0.05, 0) is 36.2 Å². The van der Waals surface area contributed by atoms with Crippen LogP contribution in [0.1, 0.15) is 11.3 Å². The van der Waals surface area contributed by atoms with E-state index in [9.17, 15) is 4.79 Å². The average Bonchev–Trinajstić information content (AvgIpc) is 2.32. The Balaban J connectivity index is 2.34. The van der Waals surface area contributed by atoms with Gasteiger partial charge in [0.15, 0.2) is 0 Å². The summed E-state index contributed by atoms with van der Waals surface area (Å²) >= 11 is 0. The molecule has 2 heterocycles. The van der Waals surface area contributed by atoms with E-state index in [-0.39, 0.29) is 6.42 Å². The molecule has 0 unspecified atom stereocenters. The van der Waals surface area contributed by atoms with Gasteiger partial charge in [-0.3, -0.25) is 14.8 Å². The summed E-state index contributed by atoms with van der Waals surface area (Å²) in [6.45, 7) is 1.87. The SMILES string of the molecule is Cc1cc(-c2ccncc2)cnc1CC(=O)O. The number of carboxylic acids is 1. The Morgan fingerprint density at radius 1 is 1.29 bits per heavy atom. The molecule has 0 atom stereocenters. The minimum absolute atomic E-state index is 0.0392. The highest BCUT2D eigenvalue weighted by atomic mass is 16.4. The highest BCUT2D eigenvalue weighted by Gasteiger charge is 2.07. The molecule has 0 bridgehead atoms. The van der Waals surface area contributed by atoms with Gasteiger partial charge in [0.1, 0.15) is 0 Å². The third-order valence-corrected chi connectivity index (χ3v) is 2.52. The Kier molecular flexibility index (Phi) is 3.14. The van der Waals surface area contributed by atoms with E-state index < -0.39 is 5.97 Å². The molecule has 0 saturated heterocycles. The first-order valence-corrected chi connectivity index (χ1v) is 5.24. The number of aryl methyl sites for hydroxylation is 1. The van der Waals surface area contributed by atoms with Crippen molar-refractivity contribution in [1.29, 1.82) is 0 Å². The Hall–Kier alpha value is -2.23. The van der Waals surface area contributed by atoms with Crippen molar-refractivity contribution < 1.29 is 9.90 Å². The number of nitrogens with zero attached hydrogens (tertiary/aromatic N) is 2. The van der Waals surface area contributed by atoms with E-state index >= 15 is 0 Å². The van der Waals surface area contributed by atoms with Gasteiger partial charge in [-0.1, -0.05) is 0 Å². The zero-order valence-electron chi connectivity index (χ0n) is 9.42. The van der Waals surface area contributed by atoms with E-state index in [1.54, 1.807) is 18.6 Å². The smallest absolute Gasteiger partial charge is 0.309 e. The zero-order valence-corrected chi connectivity index (χ0v) is 9.42. The summed E-state index contributed by atoms with van der Waals surface area (Å²) in [6.07, 6.45) is 5.09. The van der Waals surface area contributed by atoms with E-state index in [1.165, 1.54) is 0 Å². The quantitative estimate of drug-likeness (QED) is 0.873. The number of rotatable bonds is 3. The first kappa shape index (κ1) is 11.3. The second-order valence-electron chi connectivity index (χ2n) is 3.79. The predicted molar refractivity (Wildman–Crippen MR) is 63.5 cm³/mol. The molecule has 4 nitrogen and oxygen atoms in total. The van der Waals surface area contributed by atoms with Gasteiger partial charge in [0.05, 0.1) is 12.1 Å². The van der Waals surface area contributed by atoms with Crippen LogP contribution in [0.5, 0.6) is 0 Å². The lowest BCUT2D eigenvalue weighted by Crippen LogP contribution is -2.04. The molecule has 0 aromatic carbocycles. The summed E-state index contributed by atoms with van der Waals surface area (Å²) in [5.74, 6) is -0.864. The molecule has 1 N–H and O–H groups in total. The molecule has 2 aromatic heterocycles. The molecule has 0 aliphatic carbocycles. The van der Waals surface area contributed by atoms with E-state index in [1.807, 2.05) is 25.1 Å². The van der Waals surface area contributed by atoms with Crippen molar-refractivity contribution in [2.24, 2.45) is 0 Å². The molecular weight excluding hydrogens is 216 g/mol. The summed E-state index contributed by atoms with van der Waals surface area (Å²) in [4.78, 5) is 18.8. The van der Waals surface area contributed by atoms with Gasteiger partial charge in [0, 0.05) is 24.2 Å². The Morgan fingerprint density at radius 2 is 2.00 bits per heavy atom. The van der Waals surface area contributed by atoms with Gasteiger partial charge in [-0.2, -0.15) is 0 Å². The number of hydrogen-bond donors (Lipinski definition) is 1. The van der Waals surface area contributed by atoms with Crippen molar-refractivity contribution in [3.8, 4) is 11.1 Å². The van der Waals surface area contributed by atoms with Gasteiger partial charge in [0.25, 0.3) is 0 Å². The summed E-state index contributed by atoms with van der Waals surface area (Å²) < 4.78 is 0. The van der Waals surface area contributed by atoms with E-state index in [0.717, 1.165) is 16.7 Å². The maximum atomic E-state index is 10.6. The van der Waals surface area contributed by atoms with Crippen LogP contribution in [-0.4, -0.2) is 21.0 Å². The van der Waals surface area contributed by atoms with Gasteiger partial charge >= 0.3 is 5.97 Å². The maximum Gasteiger partial charge on any atom is 0.309 e. The molecule has 2 rings (SSSR count). The summed E-state index contributed by atoms with van der Waals surface area (Å²) in [6, 6.07) is 5.74. The number of aliphatic carboxylic acids is 1. The lowest BCUT2D eigenvalue weighted by molar-refractivity contribution is -0.136. The summed E-state index contributed by atoms with van der Waals surface area (Å²) in [5.41, 5.74) is 3.49. The van der Waals surface area contributed by atoms with Gasteiger partial charge in [0.2, 0.25) is 0 Å². The fraction of sp³-hybridized carbons (Fsp3) is 0.154. The van der Waals surface area contributed by atoms with Crippen LogP contribution in [0.3, 0.4) is 0 Å². The molecule has 2 aromatic rings. The number of hydrogen-bond acceptors (Lipinski definition) is 3. The minimum Gasteiger partial charge on any atom is -0.481 e. The van der Waals surface area contributed by atoms with Crippen LogP contribution >= 0.6 is 0 Å². The van der Waals surface area contributed by atoms with Crippen molar-refractivity contribution in [1.82, 2.24) is 9.97 Å². The van der Waals surface area contributed by atoms with Crippen molar-refractivity contribution in [3.63, 3.8) is 0 Å². The predicted octanol–water partition coefficient (Wildman–Crippen LogP) is 2.08. The molecule has 0 amide bonds. The summed E-state index contributed by atoms with van der Waals surface area (Å²) in [5, 5.41) is 8.73. The van der Waals surface area contributed by atoms with E-state index in [2.05, 4.69) is 9.97 Å². The first-order chi connectivity index (χ1) is 8.16.